The number of hydrogen-bond donors (Lipinski definition) is 4. The number of nitrogens with zero attached hydrogens (tertiary/aromatic N) is 2. The number of anilines is 2. The van der Waals surface area contributed by atoms with Gasteiger partial charge in [-0.15, -0.1) is 0 Å². The van der Waals surface area contributed by atoms with Crippen LogP contribution in [0.3, 0.4) is 0 Å². The molecular formula is C40H42N4O6. The number of benzene rings is 4. The zero-order valence-corrected chi connectivity index (χ0v) is 27.8. The van der Waals surface area contributed by atoms with Crippen molar-refractivity contribution >= 4 is 35.0 Å². The van der Waals surface area contributed by atoms with Gasteiger partial charge in [-0.05, 0) is 59.4 Å². The van der Waals surface area contributed by atoms with E-state index >= 15 is 0 Å². The lowest BCUT2D eigenvalue weighted by atomic mass is 10.0. The average molecular weight is 675 g/mol. The number of aliphatic hydroxyl groups excluding tert-OH is 2. The number of rotatable bonds is 11. The highest BCUT2D eigenvalue weighted by molar-refractivity contribution is 5.95. The largest absolute Gasteiger partial charge is 0.383 e. The van der Waals surface area contributed by atoms with E-state index in [1.807, 2.05) is 109 Å². The van der Waals surface area contributed by atoms with E-state index in [-0.39, 0.29) is 61.4 Å². The number of carbonyl (C=O) groups is 4. The number of carbonyl (C=O) groups excluding carboxylic acids is 4. The summed E-state index contributed by atoms with van der Waals surface area (Å²) in [6.07, 6.45) is -0.738. The van der Waals surface area contributed by atoms with Gasteiger partial charge in [0.05, 0.1) is 11.8 Å². The molecule has 0 aliphatic carbocycles. The summed E-state index contributed by atoms with van der Waals surface area (Å²) in [6.45, 7) is 1.39. The third-order valence-electron chi connectivity index (χ3n) is 9.49. The van der Waals surface area contributed by atoms with E-state index in [0.717, 1.165) is 22.3 Å². The van der Waals surface area contributed by atoms with Crippen LogP contribution in [-0.2, 0) is 32.0 Å². The Labute approximate surface area is 291 Å². The molecule has 50 heavy (non-hydrogen) atoms. The van der Waals surface area contributed by atoms with Gasteiger partial charge in [0, 0.05) is 50.4 Å². The van der Waals surface area contributed by atoms with Gasteiger partial charge in [-0.2, -0.15) is 0 Å². The molecule has 4 atom stereocenters. The fourth-order valence-corrected chi connectivity index (χ4v) is 6.60. The minimum Gasteiger partial charge on any atom is -0.383 e. The normalized spacial score (nSPS) is 18.4. The summed E-state index contributed by atoms with van der Waals surface area (Å²) in [7, 11) is 0. The van der Waals surface area contributed by atoms with Crippen molar-refractivity contribution in [2.24, 2.45) is 11.8 Å². The molecule has 0 aromatic heterocycles. The molecule has 0 saturated carbocycles. The standard InChI is InChI=1S/C40H42N4O6/c45-35(23-27-7-3-1-4-8-27)39(49)43-21-19-31(25-43)37(47)41-33-15-11-29(12-16-33)30-13-17-34(18-14-30)42-38(48)32-20-22-44(26-32)40(50)36(46)24-28-9-5-2-6-10-28/h1-18,31-32,35-36,45-46H,19-26H2,(H,41,47)(H,42,48)/t31-,32+,35-,36+. The minimum absolute atomic E-state index is 0.163. The van der Waals surface area contributed by atoms with Crippen molar-refractivity contribution in [3.8, 4) is 11.1 Å². The number of hydrogen-bond acceptors (Lipinski definition) is 6. The van der Waals surface area contributed by atoms with Crippen molar-refractivity contribution in [3.05, 3.63) is 120 Å². The third kappa shape index (κ3) is 8.63. The van der Waals surface area contributed by atoms with Crippen LogP contribution in [0.15, 0.2) is 109 Å². The molecule has 2 fully saturated rings. The van der Waals surface area contributed by atoms with Crippen molar-refractivity contribution < 1.29 is 29.4 Å². The predicted octanol–water partition coefficient (Wildman–Crippen LogP) is 4.13. The molecule has 2 aliphatic rings. The highest BCUT2D eigenvalue weighted by Gasteiger charge is 2.35. The molecule has 0 unspecified atom stereocenters. The highest BCUT2D eigenvalue weighted by atomic mass is 16.3. The zero-order valence-electron chi connectivity index (χ0n) is 27.8. The maximum atomic E-state index is 13.0. The van der Waals surface area contributed by atoms with E-state index in [0.29, 0.717) is 37.3 Å². The summed E-state index contributed by atoms with van der Waals surface area (Å²) in [6, 6.07) is 33.7. The first-order valence-electron chi connectivity index (χ1n) is 17.1. The van der Waals surface area contributed by atoms with Gasteiger partial charge in [-0.3, -0.25) is 19.2 Å². The number of nitrogens with one attached hydrogen (secondary N) is 2. The molecule has 10 heteroatoms. The van der Waals surface area contributed by atoms with Crippen molar-refractivity contribution in [2.45, 2.75) is 37.9 Å². The molecule has 6 rings (SSSR count). The summed E-state index contributed by atoms with van der Waals surface area (Å²) in [5.41, 5.74) is 4.93. The average Bonchev–Trinajstić information content (AvgIpc) is 3.84. The Morgan fingerprint density at radius 1 is 0.560 bits per heavy atom. The Morgan fingerprint density at radius 3 is 1.28 bits per heavy atom. The topological polar surface area (TPSA) is 139 Å². The molecule has 2 saturated heterocycles. The van der Waals surface area contributed by atoms with Gasteiger partial charge in [-0.25, -0.2) is 0 Å². The van der Waals surface area contributed by atoms with E-state index in [9.17, 15) is 29.4 Å². The summed E-state index contributed by atoms with van der Waals surface area (Å²) < 4.78 is 0. The van der Waals surface area contributed by atoms with Crippen LogP contribution in [0.2, 0.25) is 0 Å². The van der Waals surface area contributed by atoms with Crippen LogP contribution in [0, 0.1) is 11.8 Å². The molecular weight excluding hydrogens is 632 g/mol. The summed E-state index contributed by atoms with van der Waals surface area (Å²) in [5.74, 6) is -1.75. The van der Waals surface area contributed by atoms with Crippen LogP contribution in [0.25, 0.3) is 11.1 Å². The fourth-order valence-electron chi connectivity index (χ4n) is 6.60. The lowest BCUT2D eigenvalue weighted by Gasteiger charge is -2.20. The van der Waals surface area contributed by atoms with E-state index in [4.69, 9.17) is 0 Å². The molecule has 4 N–H and O–H groups in total. The van der Waals surface area contributed by atoms with E-state index in [1.54, 1.807) is 9.80 Å². The van der Waals surface area contributed by atoms with Crippen molar-refractivity contribution in [1.29, 1.82) is 0 Å². The van der Waals surface area contributed by atoms with Gasteiger partial charge in [0.1, 0.15) is 12.2 Å². The quantitative estimate of drug-likeness (QED) is 0.189. The smallest absolute Gasteiger partial charge is 0.251 e. The first-order valence-corrected chi connectivity index (χ1v) is 17.1. The monoisotopic (exact) mass is 674 g/mol. The number of amides is 4. The number of likely N-dealkylation sites (tertiary alicyclic amines) is 2. The van der Waals surface area contributed by atoms with Crippen molar-refractivity contribution in [2.75, 3.05) is 36.8 Å². The second-order valence-electron chi connectivity index (χ2n) is 13.1. The molecule has 10 nitrogen and oxygen atoms in total. The van der Waals surface area contributed by atoms with Gasteiger partial charge < -0.3 is 30.6 Å². The Bertz CT molecular complexity index is 1650. The first-order chi connectivity index (χ1) is 24.2. The molecule has 4 aromatic rings. The van der Waals surface area contributed by atoms with Gasteiger partial charge in [0.15, 0.2) is 0 Å². The second-order valence-corrected chi connectivity index (χ2v) is 13.1. The van der Waals surface area contributed by atoms with Crippen LogP contribution in [-0.4, -0.2) is 82.0 Å². The number of aliphatic hydroxyl groups is 2. The summed E-state index contributed by atoms with van der Waals surface area (Å²) in [5, 5.41) is 26.8. The molecule has 0 bridgehead atoms. The maximum absolute atomic E-state index is 13.0. The molecule has 0 spiro atoms. The molecule has 4 aromatic carbocycles. The SMILES string of the molecule is O=C(Nc1ccc(-c2ccc(NC(=O)[C@H]3CCN(C(=O)[C@@H](O)Cc4ccccc4)C3)cc2)cc1)[C@@H]1CCN(C(=O)[C@H](O)Cc2ccccc2)C1. The van der Waals surface area contributed by atoms with Crippen molar-refractivity contribution in [3.63, 3.8) is 0 Å². The lowest BCUT2D eigenvalue weighted by molar-refractivity contribution is -0.140. The fraction of sp³-hybridized carbons (Fsp3) is 0.300. The maximum Gasteiger partial charge on any atom is 0.251 e. The Kier molecular flexibility index (Phi) is 11.0. The lowest BCUT2D eigenvalue weighted by Crippen LogP contribution is -2.39. The van der Waals surface area contributed by atoms with Crippen LogP contribution in [0.1, 0.15) is 24.0 Å². The zero-order chi connectivity index (χ0) is 35.0. The van der Waals surface area contributed by atoms with Crippen LogP contribution < -0.4 is 10.6 Å². The molecule has 4 amide bonds. The van der Waals surface area contributed by atoms with Crippen molar-refractivity contribution in [1.82, 2.24) is 9.80 Å². The van der Waals surface area contributed by atoms with Gasteiger partial charge in [0.2, 0.25) is 11.8 Å². The second kappa shape index (κ2) is 15.9. The summed E-state index contributed by atoms with van der Waals surface area (Å²) in [4.78, 5) is 54.7. The summed E-state index contributed by atoms with van der Waals surface area (Å²) >= 11 is 0. The van der Waals surface area contributed by atoms with Crippen LogP contribution in [0.5, 0.6) is 0 Å². The van der Waals surface area contributed by atoms with Crippen LogP contribution >= 0.6 is 0 Å². The third-order valence-corrected chi connectivity index (χ3v) is 9.49. The van der Waals surface area contributed by atoms with Crippen LogP contribution in [0.4, 0.5) is 11.4 Å². The van der Waals surface area contributed by atoms with Gasteiger partial charge in [0.25, 0.3) is 11.8 Å². The molecule has 2 heterocycles. The molecule has 258 valence electrons. The van der Waals surface area contributed by atoms with E-state index in [1.165, 1.54) is 0 Å². The van der Waals surface area contributed by atoms with E-state index < -0.39 is 12.2 Å². The van der Waals surface area contributed by atoms with Gasteiger partial charge >= 0.3 is 0 Å². The predicted molar refractivity (Wildman–Crippen MR) is 191 cm³/mol. The Morgan fingerprint density at radius 2 is 0.920 bits per heavy atom. The molecule has 2 aliphatic heterocycles. The highest BCUT2D eigenvalue weighted by Crippen LogP contribution is 2.26. The Hall–Kier alpha value is -5.32. The van der Waals surface area contributed by atoms with E-state index in [2.05, 4.69) is 10.6 Å². The molecule has 0 radical (unpaired) electrons. The first kappa shape index (κ1) is 34.5. The van der Waals surface area contributed by atoms with Gasteiger partial charge in [-0.1, -0.05) is 84.9 Å². The minimum atomic E-state index is -1.14. The Balaban J connectivity index is 0.948.